The Morgan fingerprint density at radius 3 is 2.68 bits per heavy atom. The molecule has 0 saturated carbocycles. The Hall–Kier alpha value is -2.48. The zero-order chi connectivity index (χ0) is 20.8. The highest BCUT2D eigenvalue weighted by Crippen LogP contribution is 2.29. The van der Waals surface area contributed by atoms with Gasteiger partial charge < -0.3 is 19.6 Å². The Kier molecular flexibility index (Phi) is 7.51. The number of benzene rings is 1. The molecule has 1 aromatic carbocycles. The minimum absolute atomic E-state index is 0.328. The van der Waals surface area contributed by atoms with E-state index in [-0.39, 0.29) is 0 Å². The van der Waals surface area contributed by atoms with Gasteiger partial charge in [-0.15, -0.1) is 0 Å². The number of hydrogen-bond acceptors (Lipinski definition) is 6. The molecule has 0 saturated heterocycles. The van der Waals surface area contributed by atoms with Crippen LogP contribution in [0.2, 0.25) is 0 Å². The lowest BCUT2D eigenvalue weighted by Crippen LogP contribution is -2.46. The van der Waals surface area contributed by atoms with Crippen LogP contribution in [0.3, 0.4) is 0 Å². The molecule has 7 nitrogen and oxygen atoms in total. The summed E-state index contributed by atoms with van der Waals surface area (Å²) in [5.74, 6) is -0.570. The molecule has 0 aliphatic heterocycles. The van der Waals surface area contributed by atoms with Crippen LogP contribution < -0.4 is 15.7 Å². The average Bonchev–Trinajstić information content (AvgIpc) is 2.66. The summed E-state index contributed by atoms with van der Waals surface area (Å²) >= 11 is 1.51. The molecule has 8 heteroatoms. The molecule has 1 aromatic heterocycles. The predicted octanol–water partition coefficient (Wildman–Crippen LogP) is 2.75. The van der Waals surface area contributed by atoms with E-state index in [1.165, 1.54) is 17.8 Å². The van der Waals surface area contributed by atoms with E-state index in [4.69, 9.17) is 9.15 Å². The molecule has 2 rings (SSSR count). The highest BCUT2D eigenvalue weighted by atomic mass is 32.2. The summed E-state index contributed by atoms with van der Waals surface area (Å²) in [5.41, 5.74) is 1.48. The second-order valence-electron chi connectivity index (χ2n) is 6.45. The highest BCUT2D eigenvalue weighted by molar-refractivity contribution is 7.98. The van der Waals surface area contributed by atoms with Gasteiger partial charge in [-0.25, -0.2) is 9.59 Å². The van der Waals surface area contributed by atoms with E-state index in [0.29, 0.717) is 35.5 Å². The molecule has 0 radical (unpaired) electrons. The van der Waals surface area contributed by atoms with Gasteiger partial charge in [-0.3, -0.25) is 4.79 Å². The number of aliphatic carboxylic acids is 1. The number of thioether (sulfide) groups is 1. The van der Waals surface area contributed by atoms with Crippen LogP contribution in [-0.4, -0.2) is 41.1 Å². The largest absolute Gasteiger partial charge is 0.480 e. The number of amides is 1. The molecule has 2 atom stereocenters. The van der Waals surface area contributed by atoms with Gasteiger partial charge in [-0.2, -0.15) is 11.8 Å². The lowest BCUT2D eigenvalue weighted by Gasteiger charge is -2.20. The number of ether oxygens (including phenoxy) is 1. The molecule has 0 unspecified atom stereocenters. The topological polar surface area (TPSA) is 106 Å². The fourth-order valence-electron chi connectivity index (χ4n) is 2.85. The van der Waals surface area contributed by atoms with Crippen LogP contribution >= 0.6 is 11.8 Å². The zero-order valence-corrected chi connectivity index (χ0v) is 17.2. The van der Waals surface area contributed by atoms with Crippen LogP contribution in [0.4, 0.5) is 0 Å². The Labute approximate surface area is 167 Å². The van der Waals surface area contributed by atoms with Gasteiger partial charge in [0.1, 0.15) is 17.4 Å². The lowest BCUT2D eigenvalue weighted by atomic mass is 10.0. The van der Waals surface area contributed by atoms with Crippen molar-refractivity contribution in [3.05, 3.63) is 39.7 Å². The number of carboxylic acid groups (broad SMARTS) is 1. The van der Waals surface area contributed by atoms with Crippen LogP contribution in [0, 0.1) is 6.92 Å². The first-order valence-corrected chi connectivity index (χ1v) is 10.4. The number of hydrogen-bond donors (Lipinski definition) is 2. The SMILES string of the molecule is CCc1cc(=O)oc2c(C)c(O[C@@H](C)C(=O)N[C@@H](CCSC)C(=O)O)ccc12. The first kappa shape index (κ1) is 21.8. The third-order valence-corrected chi connectivity index (χ3v) is 5.12. The molecule has 0 fully saturated rings. The number of fused-ring (bicyclic) bond motifs is 1. The van der Waals surface area contributed by atoms with Gasteiger partial charge in [-0.1, -0.05) is 6.92 Å². The summed E-state index contributed by atoms with van der Waals surface area (Å²) in [4.78, 5) is 35.5. The molecule has 2 N–H and O–H groups in total. The zero-order valence-electron chi connectivity index (χ0n) is 16.4. The molecular formula is C20H25NO6S. The van der Waals surface area contributed by atoms with Crippen LogP contribution in [0.25, 0.3) is 11.0 Å². The van der Waals surface area contributed by atoms with Gasteiger partial charge in [-0.05, 0) is 56.4 Å². The highest BCUT2D eigenvalue weighted by Gasteiger charge is 2.24. The van der Waals surface area contributed by atoms with Crippen molar-refractivity contribution in [2.75, 3.05) is 12.0 Å². The molecule has 0 bridgehead atoms. The molecule has 1 heterocycles. The quantitative estimate of drug-likeness (QED) is 0.616. The Morgan fingerprint density at radius 2 is 2.07 bits per heavy atom. The van der Waals surface area contributed by atoms with Crippen molar-refractivity contribution in [2.24, 2.45) is 0 Å². The Balaban J connectivity index is 2.21. The average molecular weight is 407 g/mol. The van der Waals surface area contributed by atoms with Gasteiger partial charge in [0.05, 0.1) is 0 Å². The molecule has 0 aliphatic rings. The van der Waals surface area contributed by atoms with E-state index >= 15 is 0 Å². The first-order chi connectivity index (χ1) is 13.3. The summed E-state index contributed by atoms with van der Waals surface area (Å²) < 4.78 is 11.1. The maximum atomic E-state index is 12.4. The van der Waals surface area contributed by atoms with Crippen molar-refractivity contribution >= 4 is 34.6 Å². The summed E-state index contributed by atoms with van der Waals surface area (Å²) in [6.45, 7) is 5.25. The van der Waals surface area contributed by atoms with Crippen LogP contribution in [0.1, 0.15) is 31.4 Å². The Morgan fingerprint density at radius 1 is 1.36 bits per heavy atom. The Bertz CT molecular complexity index is 923. The maximum absolute atomic E-state index is 12.4. The fraction of sp³-hybridized carbons (Fsp3) is 0.450. The van der Waals surface area contributed by atoms with Crippen LogP contribution in [0.15, 0.2) is 27.4 Å². The van der Waals surface area contributed by atoms with Crippen molar-refractivity contribution in [3.8, 4) is 5.75 Å². The monoisotopic (exact) mass is 407 g/mol. The molecular weight excluding hydrogens is 382 g/mol. The van der Waals surface area contributed by atoms with Crippen molar-refractivity contribution in [3.63, 3.8) is 0 Å². The van der Waals surface area contributed by atoms with Gasteiger partial charge in [0.25, 0.3) is 5.91 Å². The number of carbonyl (C=O) groups excluding carboxylic acids is 1. The molecule has 0 aliphatic carbocycles. The predicted molar refractivity (Wildman–Crippen MR) is 109 cm³/mol. The first-order valence-electron chi connectivity index (χ1n) is 9.03. The second-order valence-corrected chi connectivity index (χ2v) is 7.44. The molecule has 152 valence electrons. The van der Waals surface area contributed by atoms with Gasteiger partial charge in [0, 0.05) is 17.0 Å². The third kappa shape index (κ3) is 5.07. The van der Waals surface area contributed by atoms with E-state index in [1.54, 1.807) is 26.0 Å². The normalized spacial score (nSPS) is 13.1. The molecule has 28 heavy (non-hydrogen) atoms. The van der Waals surface area contributed by atoms with E-state index in [9.17, 15) is 19.5 Å². The maximum Gasteiger partial charge on any atom is 0.336 e. The van der Waals surface area contributed by atoms with Gasteiger partial charge in [0.2, 0.25) is 0 Å². The van der Waals surface area contributed by atoms with E-state index in [0.717, 1.165) is 10.9 Å². The number of rotatable bonds is 9. The lowest BCUT2D eigenvalue weighted by molar-refractivity contribution is -0.142. The van der Waals surface area contributed by atoms with Crippen molar-refractivity contribution in [2.45, 2.75) is 45.8 Å². The van der Waals surface area contributed by atoms with Gasteiger partial charge in [0.15, 0.2) is 6.10 Å². The standard InChI is InChI=1S/C20H25NO6S/c1-5-13-10-17(22)27-18-11(2)16(7-6-14(13)18)26-12(3)19(23)21-15(20(24)25)8-9-28-4/h6-7,10,12,15H,5,8-9H2,1-4H3,(H,21,23)(H,24,25)/t12-,15-/m0/s1. The molecule has 1 amide bonds. The summed E-state index contributed by atoms with van der Waals surface area (Å²) in [6, 6.07) is 4.03. The van der Waals surface area contributed by atoms with Crippen molar-refractivity contribution in [1.82, 2.24) is 5.32 Å². The fourth-order valence-corrected chi connectivity index (χ4v) is 3.33. The van der Waals surface area contributed by atoms with E-state index in [2.05, 4.69) is 5.32 Å². The van der Waals surface area contributed by atoms with E-state index < -0.39 is 29.6 Å². The summed E-state index contributed by atoms with van der Waals surface area (Å²) in [6.07, 6.45) is 1.98. The summed E-state index contributed by atoms with van der Waals surface area (Å²) in [7, 11) is 0. The number of carbonyl (C=O) groups is 2. The number of nitrogens with one attached hydrogen (secondary N) is 1. The minimum Gasteiger partial charge on any atom is -0.480 e. The van der Waals surface area contributed by atoms with Crippen molar-refractivity contribution in [1.29, 1.82) is 0 Å². The van der Waals surface area contributed by atoms with Crippen LogP contribution in [0.5, 0.6) is 5.75 Å². The number of carboxylic acids is 1. The van der Waals surface area contributed by atoms with Gasteiger partial charge >= 0.3 is 11.6 Å². The smallest absolute Gasteiger partial charge is 0.336 e. The molecule has 2 aromatic rings. The second kappa shape index (κ2) is 9.64. The number of aryl methyl sites for hydroxylation is 2. The summed E-state index contributed by atoms with van der Waals surface area (Å²) in [5, 5.41) is 12.6. The molecule has 0 spiro atoms. The van der Waals surface area contributed by atoms with E-state index in [1.807, 2.05) is 13.2 Å². The minimum atomic E-state index is -1.08. The van der Waals surface area contributed by atoms with Crippen LogP contribution in [-0.2, 0) is 16.0 Å². The third-order valence-electron chi connectivity index (χ3n) is 4.48. The van der Waals surface area contributed by atoms with Crippen molar-refractivity contribution < 1.29 is 23.8 Å².